The molecule has 11 heavy (non-hydrogen) atoms. The molecule has 0 aliphatic heterocycles. The van der Waals surface area contributed by atoms with Crippen LogP contribution in [0.15, 0.2) is 22.4 Å². The number of nitrogens with two attached hydrogens (primary N) is 1. The van der Waals surface area contributed by atoms with Gasteiger partial charge in [-0.25, -0.2) is 0 Å². The molecule has 0 bridgehead atoms. The van der Waals surface area contributed by atoms with Crippen molar-refractivity contribution in [3.8, 4) is 0 Å². The highest BCUT2D eigenvalue weighted by atomic mass is 35.5. The number of halogens is 1. The molecule has 0 amide bonds. The standard InChI is InChI=1S/C7H7ClN2O/c1-3-2-4(9)6(10)5(8)7(3)11/h2,9H,10H2,1H3. The summed E-state index contributed by atoms with van der Waals surface area (Å²) in [4.78, 5) is 11.0. The van der Waals surface area contributed by atoms with Crippen molar-refractivity contribution in [2.24, 2.45) is 5.73 Å². The summed E-state index contributed by atoms with van der Waals surface area (Å²) in [6, 6.07) is 0. The number of hydrogen-bond acceptors (Lipinski definition) is 3. The Morgan fingerprint density at radius 2 is 2.18 bits per heavy atom. The van der Waals surface area contributed by atoms with Crippen molar-refractivity contribution in [2.45, 2.75) is 6.92 Å². The van der Waals surface area contributed by atoms with E-state index in [0.29, 0.717) is 5.57 Å². The third kappa shape index (κ3) is 1.19. The highest BCUT2D eigenvalue weighted by Crippen LogP contribution is 2.18. The molecule has 0 heterocycles. The van der Waals surface area contributed by atoms with E-state index in [4.69, 9.17) is 22.7 Å². The molecule has 0 aromatic heterocycles. The van der Waals surface area contributed by atoms with Gasteiger partial charge in [-0.3, -0.25) is 10.2 Å². The first kappa shape index (κ1) is 8.01. The summed E-state index contributed by atoms with van der Waals surface area (Å²) in [5.41, 5.74) is 5.95. The summed E-state index contributed by atoms with van der Waals surface area (Å²) in [6.07, 6.45) is 1.41. The second-order valence-electron chi connectivity index (χ2n) is 2.30. The van der Waals surface area contributed by atoms with E-state index in [1.807, 2.05) is 0 Å². The van der Waals surface area contributed by atoms with Gasteiger partial charge < -0.3 is 5.73 Å². The molecule has 1 aliphatic carbocycles. The van der Waals surface area contributed by atoms with Gasteiger partial charge in [0, 0.05) is 5.57 Å². The predicted octanol–water partition coefficient (Wildman–Crippen LogP) is 0.944. The highest BCUT2D eigenvalue weighted by molar-refractivity contribution is 6.48. The Labute approximate surface area is 69.0 Å². The maximum Gasteiger partial charge on any atom is 0.202 e. The second-order valence-corrected chi connectivity index (χ2v) is 2.68. The Morgan fingerprint density at radius 1 is 1.64 bits per heavy atom. The zero-order chi connectivity index (χ0) is 8.59. The molecule has 0 aromatic carbocycles. The topological polar surface area (TPSA) is 66.9 Å². The van der Waals surface area contributed by atoms with Crippen LogP contribution in [0.4, 0.5) is 0 Å². The highest BCUT2D eigenvalue weighted by Gasteiger charge is 2.20. The van der Waals surface area contributed by atoms with E-state index in [9.17, 15) is 4.79 Å². The number of Topliss-reactive ketones (excluding diaryl/α,β-unsaturated/α-hetero) is 1. The van der Waals surface area contributed by atoms with Gasteiger partial charge in [-0.15, -0.1) is 0 Å². The molecular formula is C7H7ClN2O. The molecule has 1 aliphatic rings. The van der Waals surface area contributed by atoms with Gasteiger partial charge in [0.25, 0.3) is 0 Å². The minimum atomic E-state index is -0.292. The van der Waals surface area contributed by atoms with Gasteiger partial charge in [0.15, 0.2) is 0 Å². The fourth-order valence-electron chi connectivity index (χ4n) is 0.773. The summed E-state index contributed by atoms with van der Waals surface area (Å²) < 4.78 is 0. The summed E-state index contributed by atoms with van der Waals surface area (Å²) in [7, 11) is 0. The lowest BCUT2D eigenvalue weighted by Crippen LogP contribution is -2.20. The number of rotatable bonds is 0. The van der Waals surface area contributed by atoms with Gasteiger partial charge in [-0.05, 0) is 13.0 Å². The van der Waals surface area contributed by atoms with Gasteiger partial charge in [0.2, 0.25) is 5.78 Å². The van der Waals surface area contributed by atoms with Crippen LogP contribution >= 0.6 is 11.6 Å². The molecule has 0 spiro atoms. The van der Waals surface area contributed by atoms with E-state index in [1.165, 1.54) is 6.08 Å². The van der Waals surface area contributed by atoms with E-state index in [2.05, 4.69) is 0 Å². The van der Waals surface area contributed by atoms with Gasteiger partial charge in [-0.2, -0.15) is 0 Å². The van der Waals surface area contributed by atoms with Gasteiger partial charge in [-0.1, -0.05) is 11.6 Å². The molecule has 3 N–H and O–H groups in total. The van der Waals surface area contributed by atoms with Gasteiger partial charge in [0.05, 0.1) is 11.4 Å². The van der Waals surface area contributed by atoms with Crippen LogP contribution in [0.5, 0.6) is 0 Å². The minimum Gasteiger partial charge on any atom is -0.396 e. The second kappa shape index (κ2) is 2.51. The largest absolute Gasteiger partial charge is 0.396 e. The first-order valence-electron chi connectivity index (χ1n) is 3.01. The van der Waals surface area contributed by atoms with Crippen molar-refractivity contribution >= 4 is 23.1 Å². The van der Waals surface area contributed by atoms with Crippen molar-refractivity contribution in [3.05, 3.63) is 22.4 Å². The van der Waals surface area contributed by atoms with Crippen LogP contribution in [0, 0.1) is 5.41 Å². The first-order valence-corrected chi connectivity index (χ1v) is 3.39. The third-order valence-electron chi connectivity index (χ3n) is 1.44. The lowest BCUT2D eigenvalue weighted by atomic mass is 10.0. The molecule has 0 unspecified atom stereocenters. The number of carbonyl (C=O) groups is 1. The molecule has 4 heteroatoms. The summed E-state index contributed by atoms with van der Waals surface area (Å²) >= 11 is 5.53. The number of allylic oxidation sites excluding steroid dienone is 3. The normalized spacial score (nSPS) is 18.9. The molecule has 1 rings (SSSR count). The predicted molar refractivity (Wildman–Crippen MR) is 43.6 cm³/mol. The van der Waals surface area contributed by atoms with Crippen LogP contribution < -0.4 is 5.73 Å². The summed E-state index contributed by atoms with van der Waals surface area (Å²) in [5, 5.41) is 7.20. The van der Waals surface area contributed by atoms with Crippen molar-refractivity contribution in [1.29, 1.82) is 5.41 Å². The fraction of sp³-hybridized carbons (Fsp3) is 0.143. The van der Waals surface area contributed by atoms with Crippen molar-refractivity contribution in [1.82, 2.24) is 0 Å². The lowest BCUT2D eigenvalue weighted by Gasteiger charge is -2.10. The Bertz CT molecular complexity index is 302. The van der Waals surface area contributed by atoms with Crippen LogP contribution in [0.2, 0.25) is 0 Å². The quantitative estimate of drug-likeness (QED) is 0.532. The molecule has 0 saturated carbocycles. The lowest BCUT2D eigenvalue weighted by molar-refractivity contribution is -0.111. The van der Waals surface area contributed by atoms with Crippen LogP contribution in [-0.2, 0) is 4.79 Å². The molecule has 0 saturated heterocycles. The Hall–Kier alpha value is -1.09. The molecule has 0 aromatic rings. The monoisotopic (exact) mass is 170 g/mol. The molecule has 0 radical (unpaired) electrons. The van der Waals surface area contributed by atoms with Crippen molar-refractivity contribution in [3.63, 3.8) is 0 Å². The summed E-state index contributed by atoms with van der Waals surface area (Å²) in [6.45, 7) is 1.60. The fourth-order valence-corrected chi connectivity index (χ4v) is 1.02. The van der Waals surface area contributed by atoms with Crippen LogP contribution in [0.25, 0.3) is 0 Å². The zero-order valence-corrected chi connectivity index (χ0v) is 6.70. The molecule has 58 valence electrons. The molecule has 0 atom stereocenters. The minimum absolute atomic E-state index is 0.0463. The van der Waals surface area contributed by atoms with E-state index in [1.54, 1.807) is 6.92 Å². The Balaban J connectivity index is 3.19. The van der Waals surface area contributed by atoms with E-state index >= 15 is 0 Å². The number of hydrogen-bond donors (Lipinski definition) is 2. The molecule has 3 nitrogen and oxygen atoms in total. The van der Waals surface area contributed by atoms with E-state index in [0.717, 1.165) is 0 Å². The Morgan fingerprint density at radius 3 is 2.73 bits per heavy atom. The maximum atomic E-state index is 11.0. The average Bonchev–Trinajstić information content (AvgIpc) is 1.97. The average molecular weight is 171 g/mol. The zero-order valence-electron chi connectivity index (χ0n) is 5.94. The number of carbonyl (C=O) groups excluding carboxylic acids is 1. The van der Waals surface area contributed by atoms with Crippen LogP contribution in [-0.4, -0.2) is 11.5 Å². The van der Waals surface area contributed by atoms with Crippen molar-refractivity contribution in [2.75, 3.05) is 0 Å². The SMILES string of the molecule is CC1=CC(=N)C(N)=C(Cl)C1=O. The Kier molecular flexibility index (Phi) is 1.83. The van der Waals surface area contributed by atoms with Crippen LogP contribution in [0.1, 0.15) is 6.92 Å². The van der Waals surface area contributed by atoms with Crippen LogP contribution in [0.3, 0.4) is 0 Å². The number of nitrogens with one attached hydrogen (secondary N) is 1. The summed E-state index contributed by atoms with van der Waals surface area (Å²) in [5.74, 6) is -0.292. The van der Waals surface area contributed by atoms with Gasteiger partial charge >= 0.3 is 0 Å². The van der Waals surface area contributed by atoms with Gasteiger partial charge in [0.1, 0.15) is 5.03 Å². The van der Waals surface area contributed by atoms with E-state index < -0.39 is 0 Å². The van der Waals surface area contributed by atoms with Crippen molar-refractivity contribution < 1.29 is 4.79 Å². The maximum absolute atomic E-state index is 11.0. The third-order valence-corrected chi connectivity index (χ3v) is 1.82. The molecule has 0 fully saturated rings. The van der Waals surface area contributed by atoms with E-state index in [-0.39, 0.29) is 22.2 Å². The molecular weight excluding hydrogens is 164 g/mol. The first-order chi connectivity index (χ1) is 5.04. The smallest absolute Gasteiger partial charge is 0.202 e. The number of ketones is 1.